The molecule has 6 heteroatoms. The molecule has 5 nitrogen and oxygen atoms in total. The minimum absolute atomic E-state index is 0.155. The van der Waals surface area contributed by atoms with Gasteiger partial charge in [-0.3, -0.25) is 9.88 Å². The largest absolute Gasteiger partial charge is 0.488 e. The number of ether oxygens (including phenoxy) is 1. The van der Waals surface area contributed by atoms with Gasteiger partial charge in [0.1, 0.15) is 17.7 Å². The quantitative estimate of drug-likeness (QED) is 0.907. The summed E-state index contributed by atoms with van der Waals surface area (Å²) in [7, 11) is 2.16. The van der Waals surface area contributed by atoms with Gasteiger partial charge in [-0.2, -0.15) is 0 Å². The molecular formula is C20H25FN4O. The SMILES string of the molecule is CN1CCN(Cc2ccc(-c3ccc(F)c4c3OC(CN)C4)nc2)CC1. The predicted octanol–water partition coefficient (Wildman–Crippen LogP) is 1.90. The standard InChI is InChI=1S/C20H25FN4O/c1-24-6-8-25(9-7-24)13-14-2-5-19(23-12-14)16-3-4-18(21)17-10-15(11-22)26-20(16)17/h2-5,12,15H,6-11,13,22H2,1H3. The number of pyridine rings is 1. The summed E-state index contributed by atoms with van der Waals surface area (Å²) in [6, 6.07) is 7.34. The summed E-state index contributed by atoms with van der Waals surface area (Å²) >= 11 is 0. The van der Waals surface area contributed by atoms with Crippen LogP contribution in [0.5, 0.6) is 5.75 Å². The average Bonchev–Trinajstić information content (AvgIpc) is 3.10. The van der Waals surface area contributed by atoms with Crippen LogP contribution in [0.25, 0.3) is 11.3 Å². The molecule has 2 aromatic rings. The van der Waals surface area contributed by atoms with Gasteiger partial charge in [0.05, 0.1) is 5.69 Å². The van der Waals surface area contributed by atoms with Gasteiger partial charge < -0.3 is 15.4 Å². The van der Waals surface area contributed by atoms with Gasteiger partial charge in [0.2, 0.25) is 0 Å². The Morgan fingerprint density at radius 3 is 2.69 bits per heavy atom. The number of hydrogen-bond donors (Lipinski definition) is 1. The van der Waals surface area contributed by atoms with Crippen molar-refractivity contribution in [1.82, 2.24) is 14.8 Å². The smallest absolute Gasteiger partial charge is 0.135 e. The van der Waals surface area contributed by atoms with E-state index in [2.05, 4.69) is 27.9 Å². The Morgan fingerprint density at radius 1 is 1.19 bits per heavy atom. The summed E-state index contributed by atoms with van der Waals surface area (Å²) in [5, 5.41) is 0. The van der Waals surface area contributed by atoms with Crippen LogP contribution in [0.3, 0.4) is 0 Å². The van der Waals surface area contributed by atoms with E-state index in [-0.39, 0.29) is 11.9 Å². The van der Waals surface area contributed by atoms with Crippen LogP contribution in [0.4, 0.5) is 4.39 Å². The van der Waals surface area contributed by atoms with Crippen LogP contribution in [0, 0.1) is 5.82 Å². The molecule has 1 unspecified atom stereocenters. The van der Waals surface area contributed by atoms with Gasteiger partial charge in [0.25, 0.3) is 0 Å². The Balaban J connectivity index is 1.52. The zero-order valence-corrected chi connectivity index (χ0v) is 15.1. The van der Waals surface area contributed by atoms with E-state index < -0.39 is 0 Å². The van der Waals surface area contributed by atoms with Crippen LogP contribution < -0.4 is 10.5 Å². The molecular weight excluding hydrogens is 331 g/mol. The lowest BCUT2D eigenvalue weighted by atomic mass is 10.0. The minimum atomic E-state index is -0.230. The molecule has 0 radical (unpaired) electrons. The number of halogens is 1. The maximum atomic E-state index is 14.1. The maximum absolute atomic E-state index is 14.1. The molecule has 1 saturated heterocycles. The minimum Gasteiger partial charge on any atom is -0.488 e. The molecule has 0 spiro atoms. The molecule has 1 fully saturated rings. The van der Waals surface area contributed by atoms with Crippen LogP contribution in [-0.4, -0.2) is 60.7 Å². The molecule has 0 aliphatic carbocycles. The first-order chi connectivity index (χ1) is 12.6. The van der Waals surface area contributed by atoms with E-state index in [9.17, 15) is 4.39 Å². The molecule has 26 heavy (non-hydrogen) atoms. The Hall–Kier alpha value is -2.02. The van der Waals surface area contributed by atoms with Crippen molar-refractivity contribution in [3.63, 3.8) is 0 Å². The highest BCUT2D eigenvalue weighted by Crippen LogP contribution is 2.39. The number of nitrogens with two attached hydrogens (primary N) is 1. The molecule has 0 amide bonds. The van der Waals surface area contributed by atoms with Crippen molar-refractivity contribution >= 4 is 0 Å². The zero-order valence-electron chi connectivity index (χ0n) is 15.1. The van der Waals surface area contributed by atoms with E-state index in [4.69, 9.17) is 10.5 Å². The number of piperazine rings is 1. The number of benzene rings is 1. The number of fused-ring (bicyclic) bond motifs is 1. The van der Waals surface area contributed by atoms with Gasteiger partial charge >= 0.3 is 0 Å². The molecule has 2 aliphatic rings. The molecule has 4 rings (SSSR count). The lowest BCUT2D eigenvalue weighted by molar-refractivity contribution is 0.148. The maximum Gasteiger partial charge on any atom is 0.135 e. The molecule has 2 N–H and O–H groups in total. The van der Waals surface area contributed by atoms with Crippen molar-refractivity contribution in [3.05, 3.63) is 47.4 Å². The monoisotopic (exact) mass is 356 g/mol. The van der Waals surface area contributed by atoms with E-state index in [0.29, 0.717) is 24.3 Å². The van der Waals surface area contributed by atoms with E-state index in [1.54, 1.807) is 6.07 Å². The van der Waals surface area contributed by atoms with E-state index in [1.807, 2.05) is 12.3 Å². The van der Waals surface area contributed by atoms with Crippen LogP contribution in [0.1, 0.15) is 11.1 Å². The first-order valence-electron chi connectivity index (χ1n) is 9.18. The summed E-state index contributed by atoms with van der Waals surface area (Å²) in [6.07, 6.45) is 2.28. The molecule has 3 heterocycles. The first-order valence-corrected chi connectivity index (χ1v) is 9.18. The summed E-state index contributed by atoms with van der Waals surface area (Å²) in [5.41, 5.74) is 9.15. The van der Waals surface area contributed by atoms with Gasteiger partial charge in [-0.05, 0) is 30.8 Å². The van der Waals surface area contributed by atoms with Crippen molar-refractivity contribution in [1.29, 1.82) is 0 Å². The van der Waals surface area contributed by atoms with Crippen molar-refractivity contribution in [3.8, 4) is 17.0 Å². The second-order valence-corrected chi connectivity index (χ2v) is 7.21. The Labute approximate surface area is 153 Å². The summed E-state index contributed by atoms with van der Waals surface area (Å²) < 4.78 is 20.0. The topological polar surface area (TPSA) is 54.6 Å². The second-order valence-electron chi connectivity index (χ2n) is 7.21. The highest BCUT2D eigenvalue weighted by molar-refractivity contribution is 5.70. The Morgan fingerprint density at radius 2 is 2.00 bits per heavy atom. The fraction of sp³-hybridized carbons (Fsp3) is 0.450. The number of nitrogens with zero attached hydrogens (tertiary/aromatic N) is 3. The Kier molecular flexibility index (Phi) is 4.89. The number of hydrogen-bond acceptors (Lipinski definition) is 5. The van der Waals surface area contributed by atoms with Gasteiger partial charge in [-0.25, -0.2) is 4.39 Å². The third-order valence-corrected chi connectivity index (χ3v) is 5.29. The Bertz CT molecular complexity index is 772. The van der Waals surface area contributed by atoms with Crippen molar-refractivity contribution in [2.45, 2.75) is 19.1 Å². The molecule has 1 aromatic carbocycles. The molecule has 2 aliphatic heterocycles. The second kappa shape index (κ2) is 7.31. The van der Waals surface area contributed by atoms with Crippen molar-refractivity contribution < 1.29 is 9.13 Å². The van der Waals surface area contributed by atoms with Crippen LogP contribution >= 0.6 is 0 Å². The van der Waals surface area contributed by atoms with Crippen LogP contribution in [0.15, 0.2) is 30.5 Å². The van der Waals surface area contributed by atoms with Gasteiger partial charge in [-0.15, -0.1) is 0 Å². The number of likely N-dealkylation sites (N-methyl/N-ethyl adjacent to an activating group) is 1. The molecule has 0 bridgehead atoms. The van der Waals surface area contributed by atoms with E-state index in [1.165, 1.54) is 11.6 Å². The van der Waals surface area contributed by atoms with Crippen molar-refractivity contribution in [2.75, 3.05) is 39.8 Å². The average molecular weight is 356 g/mol. The molecule has 138 valence electrons. The normalized spacial score (nSPS) is 20.8. The van der Waals surface area contributed by atoms with E-state index >= 15 is 0 Å². The summed E-state index contributed by atoms with van der Waals surface area (Å²) in [6.45, 7) is 5.66. The predicted molar refractivity (Wildman–Crippen MR) is 99.6 cm³/mol. The fourth-order valence-electron chi connectivity index (χ4n) is 3.64. The lowest BCUT2D eigenvalue weighted by Gasteiger charge is -2.32. The van der Waals surface area contributed by atoms with Crippen molar-refractivity contribution in [2.24, 2.45) is 5.73 Å². The van der Waals surface area contributed by atoms with Gasteiger partial charge in [0.15, 0.2) is 0 Å². The number of rotatable bonds is 4. The summed E-state index contributed by atoms with van der Waals surface area (Å²) in [4.78, 5) is 9.41. The molecule has 1 atom stereocenters. The van der Waals surface area contributed by atoms with Crippen LogP contribution in [0.2, 0.25) is 0 Å². The van der Waals surface area contributed by atoms with Crippen LogP contribution in [-0.2, 0) is 13.0 Å². The first kappa shape index (κ1) is 17.4. The van der Waals surface area contributed by atoms with E-state index in [0.717, 1.165) is 44.0 Å². The zero-order chi connectivity index (χ0) is 18.1. The number of aromatic nitrogens is 1. The highest BCUT2D eigenvalue weighted by atomic mass is 19.1. The summed E-state index contributed by atoms with van der Waals surface area (Å²) in [5.74, 6) is 0.367. The lowest BCUT2D eigenvalue weighted by Crippen LogP contribution is -2.43. The molecule has 1 aromatic heterocycles. The molecule has 0 saturated carbocycles. The fourth-order valence-corrected chi connectivity index (χ4v) is 3.64. The highest BCUT2D eigenvalue weighted by Gasteiger charge is 2.28. The van der Waals surface area contributed by atoms with Gasteiger partial charge in [-0.1, -0.05) is 6.07 Å². The third kappa shape index (κ3) is 3.45. The third-order valence-electron chi connectivity index (χ3n) is 5.29. The van der Waals surface area contributed by atoms with Gasteiger partial charge in [0, 0.05) is 63.0 Å².